The fourth-order valence-electron chi connectivity index (χ4n) is 2.57. The summed E-state index contributed by atoms with van der Waals surface area (Å²) in [5, 5.41) is 0.472. The Kier molecular flexibility index (Phi) is 9.14. The van der Waals surface area contributed by atoms with Crippen LogP contribution in [0.2, 0.25) is 0 Å². The van der Waals surface area contributed by atoms with Crippen molar-refractivity contribution in [2.75, 3.05) is 31.8 Å². The van der Waals surface area contributed by atoms with E-state index in [1.807, 2.05) is 22.6 Å². The highest BCUT2D eigenvalue weighted by molar-refractivity contribution is 14.1. The lowest BCUT2D eigenvalue weighted by atomic mass is 10.2. The molecule has 2 aromatic rings. The zero-order valence-corrected chi connectivity index (χ0v) is 22.7. The van der Waals surface area contributed by atoms with Crippen LogP contribution in [0.25, 0.3) is 10.1 Å². The van der Waals surface area contributed by atoms with Crippen LogP contribution in [0.3, 0.4) is 0 Å². The van der Waals surface area contributed by atoms with Gasteiger partial charge in [0.1, 0.15) is 20.5 Å². The lowest BCUT2D eigenvalue weighted by Crippen LogP contribution is -2.17. The van der Waals surface area contributed by atoms with Gasteiger partial charge in [-0.25, -0.2) is 8.42 Å². The second-order valence-electron chi connectivity index (χ2n) is 6.23. The van der Waals surface area contributed by atoms with Crippen LogP contribution in [-0.4, -0.2) is 40.2 Å². The predicted molar refractivity (Wildman–Crippen MR) is 127 cm³/mol. The summed E-state index contributed by atoms with van der Waals surface area (Å²) < 4.78 is 82.7. The monoisotopic (exact) mass is 660 g/mol. The van der Waals surface area contributed by atoms with Gasteiger partial charge in [-0.2, -0.15) is 8.78 Å². The van der Waals surface area contributed by atoms with E-state index in [1.165, 1.54) is 13.8 Å². The summed E-state index contributed by atoms with van der Waals surface area (Å²) in [7, 11) is -7.88. The molecule has 0 aliphatic carbocycles. The summed E-state index contributed by atoms with van der Waals surface area (Å²) in [6, 6.07) is 3.38. The summed E-state index contributed by atoms with van der Waals surface area (Å²) >= 11 is 5.98. The molecule has 6 nitrogen and oxygen atoms in total. The zero-order chi connectivity index (χ0) is 22.7. The minimum atomic E-state index is -4.76. The Morgan fingerprint density at radius 3 is 2.37 bits per heavy atom. The average molecular weight is 661 g/mol. The number of rotatable bonds is 11. The molecule has 1 aromatic carbocycles. The quantitative estimate of drug-likeness (QED) is 0.158. The molecule has 30 heavy (non-hydrogen) atoms. The summed E-state index contributed by atoms with van der Waals surface area (Å²) in [6.07, 6.45) is 1.40. The largest absolute Gasteiger partial charge is 0.492 e. The van der Waals surface area contributed by atoms with Crippen LogP contribution >= 0.6 is 57.5 Å². The summed E-state index contributed by atoms with van der Waals surface area (Å²) in [4.78, 5) is -0.481. The first kappa shape index (κ1) is 26.4. The molecule has 0 atom stereocenters. The molecule has 0 spiro atoms. The minimum Gasteiger partial charge on any atom is -0.492 e. The third-order valence-corrected chi connectivity index (χ3v) is 10.1. The Bertz CT molecular complexity index is 1050. The summed E-state index contributed by atoms with van der Waals surface area (Å²) in [5.41, 5.74) is -3.87. The fourth-order valence-corrected chi connectivity index (χ4v) is 7.83. The van der Waals surface area contributed by atoms with Gasteiger partial charge in [-0.3, -0.25) is 4.57 Å². The van der Waals surface area contributed by atoms with E-state index in [0.29, 0.717) is 15.8 Å². The Hall–Kier alpha value is 0.150. The van der Waals surface area contributed by atoms with Gasteiger partial charge in [0.2, 0.25) is 0 Å². The number of benzene rings is 1. The zero-order valence-electron chi connectivity index (χ0n) is 16.4. The Morgan fingerprint density at radius 1 is 1.23 bits per heavy atom. The van der Waals surface area contributed by atoms with Gasteiger partial charge in [0.15, 0.2) is 0 Å². The second-order valence-corrected chi connectivity index (χ2v) is 13.6. The van der Waals surface area contributed by atoms with E-state index in [2.05, 4.69) is 15.9 Å². The Morgan fingerprint density at radius 2 is 1.83 bits per heavy atom. The molecule has 0 amide bonds. The lowest BCUT2D eigenvalue weighted by molar-refractivity contribution is 0.0387. The van der Waals surface area contributed by atoms with Gasteiger partial charge < -0.3 is 13.8 Å². The molecule has 0 unspecified atom stereocenters. The van der Waals surface area contributed by atoms with Crippen LogP contribution in [0.1, 0.15) is 25.1 Å². The number of halogens is 4. The third-order valence-electron chi connectivity index (χ3n) is 3.79. The van der Waals surface area contributed by atoms with E-state index < -0.39 is 28.0 Å². The third kappa shape index (κ3) is 5.93. The van der Waals surface area contributed by atoms with Gasteiger partial charge in [-0.1, -0.05) is 0 Å². The Labute approximate surface area is 200 Å². The van der Waals surface area contributed by atoms with E-state index in [-0.39, 0.29) is 36.5 Å². The number of fused-ring (bicyclic) bond motifs is 1. The maximum atomic E-state index is 15.3. The predicted octanol–water partition coefficient (Wildman–Crippen LogP) is 6.40. The van der Waals surface area contributed by atoms with E-state index in [0.717, 1.165) is 21.2 Å². The molecule has 0 aliphatic heterocycles. The van der Waals surface area contributed by atoms with Crippen LogP contribution in [0, 0.1) is 3.57 Å². The Balaban J connectivity index is 2.48. The van der Waals surface area contributed by atoms with Crippen molar-refractivity contribution in [3.8, 4) is 5.75 Å². The number of ether oxygens (including phenoxy) is 1. The van der Waals surface area contributed by atoms with Crippen molar-refractivity contribution in [3.63, 3.8) is 0 Å². The van der Waals surface area contributed by atoms with Crippen molar-refractivity contribution in [2.45, 2.75) is 25.9 Å². The molecule has 0 aliphatic rings. The molecule has 0 radical (unpaired) electrons. The van der Waals surface area contributed by atoms with Gasteiger partial charge in [-0.05, 0) is 70.9 Å². The molecular weight excluding hydrogens is 640 g/mol. The first-order chi connectivity index (χ1) is 13.9. The molecule has 0 fully saturated rings. The van der Waals surface area contributed by atoms with Crippen molar-refractivity contribution in [1.29, 1.82) is 0 Å². The van der Waals surface area contributed by atoms with Gasteiger partial charge in [0.25, 0.3) is 0 Å². The molecule has 170 valence electrons. The van der Waals surface area contributed by atoms with Gasteiger partial charge in [-0.15, -0.1) is 11.3 Å². The van der Waals surface area contributed by atoms with Crippen LogP contribution in [0.4, 0.5) is 8.78 Å². The maximum absolute atomic E-state index is 15.3. The van der Waals surface area contributed by atoms with Gasteiger partial charge >= 0.3 is 13.3 Å². The first-order valence-corrected chi connectivity index (χ1v) is 15.1. The first-order valence-electron chi connectivity index (χ1n) is 8.85. The van der Waals surface area contributed by atoms with Gasteiger partial charge in [0, 0.05) is 19.7 Å². The summed E-state index contributed by atoms with van der Waals surface area (Å²) in [5.74, 6) is 0.310. The number of alkyl halides is 2. The fraction of sp³-hybridized carbons (Fsp3) is 0.529. The molecular formula is C17H21BrF2IO6PS2. The van der Waals surface area contributed by atoms with E-state index in [1.54, 1.807) is 12.1 Å². The van der Waals surface area contributed by atoms with Crippen molar-refractivity contribution in [2.24, 2.45) is 0 Å². The maximum Gasteiger partial charge on any atom is 0.405 e. The van der Waals surface area contributed by atoms with E-state index in [4.69, 9.17) is 13.8 Å². The van der Waals surface area contributed by atoms with E-state index >= 15 is 8.78 Å². The number of sulfone groups is 1. The van der Waals surface area contributed by atoms with E-state index in [9.17, 15) is 13.0 Å². The normalized spacial score (nSPS) is 13.2. The highest BCUT2D eigenvalue weighted by atomic mass is 127. The highest BCUT2D eigenvalue weighted by Gasteiger charge is 2.57. The standard InChI is InChI=1S/C17H21BrF2IO6PS2/c1-4-26-28(22,27-5-2)17(19,20)16-14(18)12-9-11(21)10-13(15(12)29-16)25-7-6-8-30(3,23)24/h9-10H,4-8H2,1-3H3. The van der Waals surface area contributed by atoms with Crippen LogP contribution in [-0.2, 0) is 29.1 Å². The molecule has 0 N–H and O–H groups in total. The molecule has 0 bridgehead atoms. The topological polar surface area (TPSA) is 78.9 Å². The second kappa shape index (κ2) is 10.4. The van der Waals surface area contributed by atoms with Crippen molar-refractivity contribution >= 4 is 77.4 Å². The van der Waals surface area contributed by atoms with Crippen LogP contribution in [0.5, 0.6) is 5.75 Å². The molecule has 13 heteroatoms. The average Bonchev–Trinajstić information content (AvgIpc) is 2.95. The molecule has 2 rings (SSSR count). The smallest absolute Gasteiger partial charge is 0.405 e. The minimum absolute atomic E-state index is 0.0383. The van der Waals surface area contributed by atoms with Crippen LogP contribution in [0.15, 0.2) is 16.6 Å². The molecule has 0 saturated heterocycles. The number of thiophene rings is 1. The molecule has 1 heterocycles. The lowest BCUT2D eigenvalue weighted by Gasteiger charge is -2.25. The van der Waals surface area contributed by atoms with Crippen molar-refractivity contribution in [1.82, 2.24) is 0 Å². The SMILES string of the molecule is CCOP(=O)(OCC)C(F)(F)c1sc2c(OCCCS(C)(=O)=O)cc(I)cc2c1Br. The summed E-state index contributed by atoms with van der Waals surface area (Å²) in [6.45, 7) is 2.66. The van der Waals surface area contributed by atoms with Crippen molar-refractivity contribution in [3.05, 3.63) is 25.1 Å². The molecule has 1 aromatic heterocycles. The highest BCUT2D eigenvalue weighted by Crippen LogP contribution is 2.69. The number of hydrogen-bond acceptors (Lipinski definition) is 7. The van der Waals surface area contributed by atoms with Crippen molar-refractivity contribution < 1.29 is 35.5 Å². The molecule has 0 saturated carbocycles. The number of hydrogen-bond donors (Lipinski definition) is 0. The van der Waals surface area contributed by atoms with Crippen LogP contribution < -0.4 is 4.74 Å². The van der Waals surface area contributed by atoms with Gasteiger partial charge in [0.05, 0.1) is 30.3 Å².